The van der Waals surface area contributed by atoms with Crippen molar-refractivity contribution in [1.82, 2.24) is 14.8 Å². The van der Waals surface area contributed by atoms with Crippen LogP contribution in [0, 0.1) is 20.8 Å². The molecule has 1 aromatic carbocycles. The lowest BCUT2D eigenvalue weighted by atomic mass is 10.1. The molecule has 2 heterocycles. The summed E-state index contributed by atoms with van der Waals surface area (Å²) in [5.74, 6) is 0.967. The molecule has 1 aliphatic heterocycles. The van der Waals surface area contributed by atoms with Crippen molar-refractivity contribution in [2.45, 2.75) is 34.2 Å². The molecule has 29 heavy (non-hydrogen) atoms. The summed E-state index contributed by atoms with van der Waals surface area (Å²) in [7, 11) is 1.71. The molecule has 156 valence electrons. The minimum atomic E-state index is -0.00417. The van der Waals surface area contributed by atoms with Crippen molar-refractivity contribution in [3.05, 3.63) is 51.8 Å². The fourth-order valence-corrected chi connectivity index (χ4v) is 4.22. The summed E-state index contributed by atoms with van der Waals surface area (Å²) < 4.78 is 5.50. The fourth-order valence-electron chi connectivity index (χ4n) is 4.22. The van der Waals surface area contributed by atoms with Crippen molar-refractivity contribution < 1.29 is 14.3 Å². The Morgan fingerprint density at radius 3 is 2.31 bits per heavy atom. The Kier molecular flexibility index (Phi) is 6.55. The number of H-pyrrole nitrogens is 1. The van der Waals surface area contributed by atoms with Crippen molar-refractivity contribution in [2.75, 3.05) is 39.8 Å². The van der Waals surface area contributed by atoms with Gasteiger partial charge in [-0.15, -0.1) is 0 Å². The molecule has 3 rings (SSSR count). The van der Waals surface area contributed by atoms with E-state index in [0.717, 1.165) is 49.7 Å². The fraction of sp³-hybridized carbons (Fsp3) is 0.478. The molecular weight excluding hydrogens is 366 g/mol. The Bertz CT molecular complexity index is 908. The molecular formula is C23H31N3O3. The number of piperazine rings is 1. The molecule has 1 fully saturated rings. The van der Waals surface area contributed by atoms with Crippen molar-refractivity contribution in [1.29, 1.82) is 0 Å². The Balaban J connectivity index is 1.58. The van der Waals surface area contributed by atoms with E-state index in [-0.39, 0.29) is 11.6 Å². The summed E-state index contributed by atoms with van der Waals surface area (Å²) in [6.07, 6.45) is 0. The third kappa shape index (κ3) is 4.77. The third-order valence-corrected chi connectivity index (χ3v) is 5.73. The summed E-state index contributed by atoms with van der Waals surface area (Å²) in [6, 6.07) is 6.26. The van der Waals surface area contributed by atoms with E-state index in [2.05, 4.69) is 33.8 Å². The summed E-state index contributed by atoms with van der Waals surface area (Å²) in [6.45, 7) is 12.1. The first-order chi connectivity index (χ1) is 13.8. The average molecular weight is 398 g/mol. The average Bonchev–Trinajstić information content (AvgIpc) is 2.98. The Labute approximate surface area is 172 Å². The molecule has 1 N–H and O–H groups in total. The standard InChI is InChI=1S/C23H31N3O3/c1-15-6-7-21(29-5)19(12-15)13-25-8-10-26(11-9-25)14-20(28)23-16(2)22(18(4)27)17(3)24-23/h6-7,12,24H,8-11,13-14H2,1-5H3. The van der Waals surface area contributed by atoms with Gasteiger partial charge in [0.1, 0.15) is 5.75 Å². The minimum absolute atomic E-state index is 0.00417. The van der Waals surface area contributed by atoms with Gasteiger partial charge in [0, 0.05) is 49.5 Å². The molecule has 1 aromatic heterocycles. The van der Waals surface area contributed by atoms with E-state index in [9.17, 15) is 9.59 Å². The zero-order chi connectivity index (χ0) is 21.1. The van der Waals surface area contributed by atoms with Crippen LogP contribution in [0.3, 0.4) is 0 Å². The topological polar surface area (TPSA) is 65.6 Å². The maximum absolute atomic E-state index is 12.8. The number of nitrogens with zero attached hydrogens (tertiary/aromatic N) is 2. The molecule has 0 atom stereocenters. The lowest BCUT2D eigenvalue weighted by Crippen LogP contribution is -2.47. The minimum Gasteiger partial charge on any atom is -0.496 e. The van der Waals surface area contributed by atoms with Gasteiger partial charge in [-0.1, -0.05) is 17.7 Å². The second kappa shape index (κ2) is 8.93. The van der Waals surface area contributed by atoms with Crippen LogP contribution in [0.1, 0.15) is 50.2 Å². The number of carbonyl (C=O) groups excluding carboxylic acids is 2. The molecule has 6 nitrogen and oxygen atoms in total. The van der Waals surface area contributed by atoms with Gasteiger partial charge >= 0.3 is 0 Å². The van der Waals surface area contributed by atoms with Crippen LogP contribution in [0.2, 0.25) is 0 Å². The van der Waals surface area contributed by atoms with Gasteiger partial charge in [-0.25, -0.2) is 0 Å². The predicted octanol–water partition coefficient (Wildman–Crippen LogP) is 3.15. The monoisotopic (exact) mass is 397 g/mol. The van der Waals surface area contributed by atoms with Crippen LogP contribution in [0.25, 0.3) is 0 Å². The summed E-state index contributed by atoms with van der Waals surface area (Å²) in [4.78, 5) is 32.3. The summed E-state index contributed by atoms with van der Waals surface area (Å²) in [5, 5.41) is 0. The second-order valence-electron chi connectivity index (χ2n) is 7.97. The first kappa shape index (κ1) is 21.3. The highest BCUT2D eigenvalue weighted by atomic mass is 16.5. The van der Waals surface area contributed by atoms with Crippen LogP contribution in [-0.4, -0.2) is 66.2 Å². The number of hydrogen-bond acceptors (Lipinski definition) is 5. The number of Topliss-reactive ketones (excluding diaryl/α,β-unsaturated/α-hetero) is 2. The van der Waals surface area contributed by atoms with E-state index in [1.54, 1.807) is 14.0 Å². The van der Waals surface area contributed by atoms with E-state index in [1.165, 1.54) is 11.1 Å². The molecule has 0 saturated carbocycles. The first-order valence-electron chi connectivity index (χ1n) is 10.1. The molecule has 1 aliphatic rings. The van der Waals surface area contributed by atoms with Gasteiger partial charge in [0.05, 0.1) is 19.3 Å². The number of ether oxygens (including phenoxy) is 1. The lowest BCUT2D eigenvalue weighted by Gasteiger charge is -2.34. The number of methoxy groups -OCH3 is 1. The van der Waals surface area contributed by atoms with Crippen molar-refractivity contribution in [3.63, 3.8) is 0 Å². The van der Waals surface area contributed by atoms with Crippen LogP contribution in [0.4, 0.5) is 0 Å². The molecule has 2 aromatic rings. The number of rotatable bonds is 7. The largest absolute Gasteiger partial charge is 0.496 e. The highest BCUT2D eigenvalue weighted by molar-refractivity contribution is 6.03. The van der Waals surface area contributed by atoms with Gasteiger partial charge in [-0.3, -0.25) is 19.4 Å². The Morgan fingerprint density at radius 2 is 1.72 bits per heavy atom. The smallest absolute Gasteiger partial charge is 0.193 e. The summed E-state index contributed by atoms with van der Waals surface area (Å²) in [5.41, 5.74) is 5.18. The van der Waals surface area contributed by atoms with E-state index < -0.39 is 0 Å². The molecule has 6 heteroatoms. The van der Waals surface area contributed by atoms with Gasteiger partial charge in [-0.2, -0.15) is 0 Å². The highest BCUT2D eigenvalue weighted by Gasteiger charge is 2.24. The number of hydrogen-bond donors (Lipinski definition) is 1. The Morgan fingerprint density at radius 1 is 1.07 bits per heavy atom. The molecule has 0 amide bonds. The van der Waals surface area contributed by atoms with Crippen LogP contribution >= 0.6 is 0 Å². The van der Waals surface area contributed by atoms with Gasteiger partial charge in [-0.05, 0) is 39.3 Å². The maximum Gasteiger partial charge on any atom is 0.193 e. The number of aryl methyl sites for hydroxylation is 2. The Hall–Kier alpha value is -2.44. The molecule has 0 unspecified atom stereocenters. The zero-order valence-corrected chi connectivity index (χ0v) is 18.1. The number of carbonyl (C=O) groups is 2. The number of aromatic nitrogens is 1. The van der Waals surface area contributed by atoms with E-state index >= 15 is 0 Å². The van der Waals surface area contributed by atoms with E-state index in [4.69, 9.17) is 4.74 Å². The molecule has 0 aliphatic carbocycles. The predicted molar refractivity (Wildman–Crippen MR) is 114 cm³/mol. The number of ketones is 2. The van der Waals surface area contributed by atoms with Crippen molar-refractivity contribution >= 4 is 11.6 Å². The molecule has 0 bridgehead atoms. The van der Waals surface area contributed by atoms with Crippen LogP contribution in [0.15, 0.2) is 18.2 Å². The maximum atomic E-state index is 12.8. The molecule has 1 saturated heterocycles. The first-order valence-corrected chi connectivity index (χ1v) is 10.1. The van der Waals surface area contributed by atoms with E-state index in [0.29, 0.717) is 17.8 Å². The van der Waals surface area contributed by atoms with Crippen molar-refractivity contribution in [2.24, 2.45) is 0 Å². The third-order valence-electron chi connectivity index (χ3n) is 5.73. The second-order valence-corrected chi connectivity index (χ2v) is 7.97. The van der Waals surface area contributed by atoms with Gasteiger partial charge < -0.3 is 9.72 Å². The van der Waals surface area contributed by atoms with Crippen molar-refractivity contribution in [3.8, 4) is 5.75 Å². The van der Waals surface area contributed by atoms with Gasteiger partial charge in [0.2, 0.25) is 0 Å². The van der Waals surface area contributed by atoms with E-state index in [1.807, 2.05) is 19.9 Å². The number of aromatic amines is 1. The number of nitrogens with one attached hydrogen (secondary N) is 1. The molecule has 0 radical (unpaired) electrons. The SMILES string of the molecule is COc1ccc(C)cc1CN1CCN(CC(=O)c2[nH]c(C)c(C(C)=O)c2C)CC1. The quantitative estimate of drug-likeness (QED) is 0.727. The van der Waals surface area contributed by atoms with Gasteiger partial charge in [0.25, 0.3) is 0 Å². The normalized spacial score (nSPS) is 15.5. The number of benzene rings is 1. The van der Waals surface area contributed by atoms with Gasteiger partial charge in [0.15, 0.2) is 11.6 Å². The molecule has 0 spiro atoms. The zero-order valence-electron chi connectivity index (χ0n) is 18.1. The summed E-state index contributed by atoms with van der Waals surface area (Å²) >= 11 is 0. The van der Waals surface area contributed by atoms with Crippen LogP contribution in [-0.2, 0) is 6.54 Å². The lowest BCUT2D eigenvalue weighted by molar-refractivity contribution is 0.0838. The highest BCUT2D eigenvalue weighted by Crippen LogP contribution is 2.22. The van der Waals surface area contributed by atoms with Crippen LogP contribution in [0.5, 0.6) is 5.75 Å². The van der Waals surface area contributed by atoms with Crippen LogP contribution < -0.4 is 4.74 Å².